The summed E-state index contributed by atoms with van der Waals surface area (Å²) in [5, 5.41) is 20.5. The smallest absolute Gasteiger partial charge is 0.313 e. The topological polar surface area (TPSA) is 136 Å². The van der Waals surface area contributed by atoms with Crippen LogP contribution >= 0.6 is 0 Å². The largest absolute Gasteiger partial charge is 0.481 e. The van der Waals surface area contributed by atoms with E-state index >= 15 is 0 Å². The van der Waals surface area contributed by atoms with Crippen molar-refractivity contribution in [1.82, 2.24) is 4.90 Å². The van der Waals surface area contributed by atoms with Crippen LogP contribution in [-0.2, 0) is 9.53 Å². The predicted molar refractivity (Wildman–Crippen MR) is 84.6 cm³/mol. The lowest BCUT2D eigenvalue weighted by Gasteiger charge is -2.39. The van der Waals surface area contributed by atoms with E-state index in [1.165, 1.54) is 24.1 Å². The third kappa shape index (κ3) is 3.30. The zero-order chi connectivity index (χ0) is 17.9. The van der Waals surface area contributed by atoms with E-state index in [4.69, 9.17) is 10.5 Å². The number of nitrogens with two attached hydrogens (primary N) is 1. The Hall–Kier alpha value is -2.68. The molecule has 9 nitrogen and oxygen atoms in total. The number of nitro groups is 1. The minimum Gasteiger partial charge on any atom is -0.481 e. The van der Waals surface area contributed by atoms with Crippen LogP contribution in [0.2, 0.25) is 0 Å². The third-order valence-electron chi connectivity index (χ3n) is 4.21. The summed E-state index contributed by atoms with van der Waals surface area (Å²) >= 11 is 0. The van der Waals surface area contributed by atoms with Crippen molar-refractivity contribution in [1.29, 1.82) is 0 Å². The number of benzene rings is 1. The molecule has 1 fully saturated rings. The first-order valence-electron chi connectivity index (χ1n) is 7.36. The summed E-state index contributed by atoms with van der Waals surface area (Å²) in [4.78, 5) is 36.0. The quantitative estimate of drug-likeness (QED) is 0.467. The number of carboxylic acids is 1. The van der Waals surface area contributed by atoms with Gasteiger partial charge in [-0.15, -0.1) is 0 Å². The number of methoxy groups -OCH3 is 1. The maximum atomic E-state index is 12.6. The molecule has 1 aliphatic heterocycles. The van der Waals surface area contributed by atoms with Crippen molar-refractivity contribution >= 4 is 23.3 Å². The molecule has 1 saturated heterocycles. The van der Waals surface area contributed by atoms with E-state index in [9.17, 15) is 24.8 Å². The van der Waals surface area contributed by atoms with Crippen molar-refractivity contribution in [2.75, 3.05) is 32.5 Å². The second-order valence-corrected chi connectivity index (χ2v) is 5.88. The highest BCUT2D eigenvalue weighted by Crippen LogP contribution is 2.32. The van der Waals surface area contributed by atoms with Gasteiger partial charge in [0.15, 0.2) is 0 Å². The zero-order valence-corrected chi connectivity index (χ0v) is 13.2. The molecule has 1 aromatic carbocycles. The molecular formula is C15H19N3O6. The van der Waals surface area contributed by atoms with E-state index < -0.39 is 22.2 Å². The van der Waals surface area contributed by atoms with Gasteiger partial charge < -0.3 is 20.5 Å². The van der Waals surface area contributed by atoms with Crippen LogP contribution in [0.15, 0.2) is 18.2 Å². The number of likely N-dealkylation sites (tertiary alicyclic amines) is 1. The standard InChI is InChI=1S/C15H19N3O6/c1-24-9-15(14(20)21)5-2-6-17(8-15)13(19)10-3-4-11(16)12(7-10)18(22)23/h3-4,7H,2,5-6,8-9,16H2,1H3,(H,20,21). The van der Waals surface area contributed by atoms with Crippen molar-refractivity contribution in [3.05, 3.63) is 33.9 Å². The van der Waals surface area contributed by atoms with Gasteiger partial charge in [-0.1, -0.05) is 0 Å². The Morgan fingerprint density at radius 3 is 2.79 bits per heavy atom. The molecule has 130 valence electrons. The molecule has 0 saturated carbocycles. The normalized spacial score (nSPS) is 20.6. The molecule has 3 N–H and O–H groups in total. The van der Waals surface area contributed by atoms with E-state index in [0.29, 0.717) is 19.4 Å². The van der Waals surface area contributed by atoms with E-state index in [2.05, 4.69) is 0 Å². The number of ether oxygens (including phenoxy) is 1. The Labute approximate surface area is 138 Å². The second kappa shape index (κ2) is 6.83. The zero-order valence-electron chi connectivity index (χ0n) is 13.2. The second-order valence-electron chi connectivity index (χ2n) is 5.88. The molecule has 2 rings (SSSR count). The Morgan fingerprint density at radius 2 is 2.21 bits per heavy atom. The monoisotopic (exact) mass is 337 g/mol. The fraction of sp³-hybridized carbons (Fsp3) is 0.467. The van der Waals surface area contributed by atoms with Gasteiger partial charge in [-0.05, 0) is 25.0 Å². The first-order chi connectivity index (χ1) is 11.3. The lowest BCUT2D eigenvalue weighted by Crippen LogP contribution is -2.52. The molecule has 0 spiro atoms. The Bertz CT molecular complexity index is 673. The maximum Gasteiger partial charge on any atom is 0.313 e. The molecule has 1 aromatic rings. The van der Waals surface area contributed by atoms with E-state index in [0.717, 1.165) is 6.07 Å². The Morgan fingerprint density at radius 1 is 1.50 bits per heavy atom. The van der Waals surface area contributed by atoms with Crippen LogP contribution in [0.5, 0.6) is 0 Å². The Kier molecular flexibility index (Phi) is 5.03. The summed E-state index contributed by atoms with van der Waals surface area (Å²) in [6.07, 6.45) is 0.917. The van der Waals surface area contributed by atoms with Gasteiger partial charge in [-0.2, -0.15) is 0 Å². The maximum absolute atomic E-state index is 12.6. The van der Waals surface area contributed by atoms with Crippen molar-refractivity contribution in [3.8, 4) is 0 Å². The molecule has 1 amide bonds. The number of rotatable bonds is 5. The first-order valence-corrected chi connectivity index (χ1v) is 7.36. The van der Waals surface area contributed by atoms with Gasteiger partial charge >= 0.3 is 5.97 Å². The van der Waals surface area contributed by atoms with Crippen LogP contribution in [0.1, 0.15) is 23.2 Å². The molecule has 24 heavy (non-hydrogen) atoms. The van der Waals surface area contributed by atoms with Crippen LogP contribution in [0.25, 0.3) is 0 Å². The van der Waals surface area contributed by atoms with E-state index in [1.54, 1.807) is 0 Å². The number of amides is 1. The SMILES string of the molecule is COCC1(C(=O)O)CCCN(C(=O)c2ccc(N)c([N+](=O)[O-])c2)C1. The number of carboxylic acid groups (broad SMARTS) is 1. The number of nitrogen functional groups attached to an aromatic ring is 1. The van der Waals surface area contributed by atoms with Gasteiger partial charge in [0, 0.05) is 31.8 Å². The summed E-state index contributed by atoms with van der Waals surface area (Å²) in [6.45, 7) is 0.372. The number of carbonyl (C=O) groups excluding carboxylic acids is 1. The van der Waals surface area contributed by atoms with Crippen LogP contribution in [-0.4, -0.2) is 53.6 Å². The van der Waals surface area contributed by atoms with Crippen LogP contribution in [0.3, 0.4) is 0 Å². The van der Waals surface area contributed by atoms with Crippen LogP contribution < -0.4 is 5.73 Å². The molecular weight excluding hydrogens is 318 g/mol. The summed E-state index contributed by atoms with van der Waals surface area (Å²) in [5.74, 6) is -1.48. The molecule has 0 bridgehead atoms. The van der Waals surface area contributed by atoms with Crippen molar-refractivity contribution in [2.24, 2.45) is 5.41 Å². The van der Waals surface area contributed by atoms with E-state index in [1.807, 2.05) is 0 Å². The molecule has 1 unspecified atom stereocenters. The van der Waals surface area contributed by atoms with Gasteiger partial charge in [0.1, 0.15) is 11.1 Å². The number of nitrogens with zero attached hydrogens (tertiary/aromatic N) is 2. The molecule has 9 heteroatoms. The molecule has 0 aliphatic carbocycles. The fourth-order valence-electron chi connectivity index (χ4n) is 2.95. The Balaban J connectivity index is 2.28. The highest BCUT2D eigenvalue weighted by Gasteiger charge is 2.44. The predicted octanol–water partition coefficient (Wildman–Crippen LogP) is 1.13. The van der Waals surface area contributed by atoms with Gasteiger partial charge in [-0.3, -0.25) is 19.7 Å². The average Bonchev–Trinajstić information content (AvgIpc) is 2.54. The number of hydrogen-bond acceptors (Lipinski definition) is 6. The fourth-order valence-corrected chi connectivity index (χ4v) is 2.95. The lowest BCUT2D eigenvalue weighted by atomic mass is 9.80. The van der Waals surface area contributed by atoms with Gasteiger partial charge in [-0.25, -0.2) is 0 Å². The van der Waals surface area contributed by atoms with Crippen molar-refractivity contribution < 1.29 is 24.4 Å². The number of nitro benzene ring substituents is 1. The average molecular weight is 337 g/mol. The number of hydrogen-bond donors (Lipinski definition) is 2. The van der Waals surface area contributed by atoms with Crippen LogP contribution in [0.4, 0.5) is 11.4 Å². The van der Waals surface area contributed by atoms with Crippen LogP contribution in [0, 0.1) is 15.5 Å². The number of piperidine rings is 1. The number of carbonyl (C=O) groups is 2. The van der Waals surface area contributed by atoms with E-state index in [-0.39, 0.29) is 30.1 Å². The van der Waals surface area contributed by atoms with Crippen molar-refractivity contribution in [3.63, 3.8) is 0 Å². The summed E-state index contributed by atoms with van der Waals surface area (Å²) < 4.78 is 5.02. The summed E-state index contributed by atoms with van der Waals surface area (Å²) in [6, 6.07) is 3.82. The lowest BCUT2D eigenvalue weighted by molar-refractivity contribution is -0.383. The summed E-state index contributed by atoms with van der Waals surface area (Å²) in [5.41, 5.74) is 4.09. The highest BCUT2D eigenvalue weighted by molar-refractivity contribution is 5.96. The minimum atomic E-state index is -1.16. The molecule has 0 aromatic heterocycles. The van der Waals surface area contributed by atoms with Crippen molar-refractivity contribution in [2.45, 2.75) is 12.8 Å². The third-order valence-corrected chi connectivity index (χ3v) is 4.21. The molecule has 1 heterocycles. The van der Waals surface area contributed by atoms with Gasteiger partial charge in [0.25, 0.3) is 11.6 Å². The first kappa shape index (κ1) is 17.7. The molecule has 0 radical (unpaired) electrons. The number of anilines is 1. The van der Waals surface area contributed by atoms with Gasteiger partial charge in [0.2, 0.25) is 0 Å². The molecule has 1 atom stereocenters. The minimum absolute atomic E-state index is 0.00595. The number of aliphatic carboxylic acids is 1. The summed E-state index contributed by atoms with van der Waals surface area (Å²) in [7, 11) is 1.41. The van der Waals surface area contributed by atoms with Gasteiger partial charge in [0.05, 0.1) is 11.5 Å². The highest BCUT2D eigenvalue weighted by atomic mass is 16.6. The molecule has 1 aliphatic rings.